The van der Waals surface area contributed by atoms with Gasteiger partial charge in [0.15, 0.2) is 0 Å². The summed E-state index contributed by atoms with van der Waals surface area (Å²) in [5.74, 6) is 0.517. The molecular weight excluding hydrogens is 214 g/mol. The zero-order valence-corrected chi connectivity index (χ0v) is 10.8. The van der Waals surface area contributed by atoms with Gasteiger partial charge in [-0.25, -0.2) is 0 Å². The minimum absolute atomic E-state index is 0.0839. The first-order valence-electron chi connectivity index (χ1n) is 4.89. The standard InChI is InChI=1S/C6H11NO.C5H11ClO/c1-6(2,5-8)3-4-7;1-5(2,3-6)4-7/h8H,3,5H2,1-2H3;7H,3-4H2,1-2H3. The summed E-state index contributed by atoms with van der Waals surface area (Å²) in [6, 6.07) is 2.00. The molecule has 0 rings (SSSR count). The monoisotopic (exact) mass is 235 g/mol. The predicted molar refractivity (Wildman–Crippen MR) is 62.7 cm³/mol. The van der Waals surface area contributed by atoms with E-state index in [4.69, 9.17) is 27.1 Å². The number of alkyl halides is 1. The van der Waals surface area contributed by atoms with Crippen molar-refractivity contribution < 1.29 is 10.2 Å². The summed E-state index contributed by atoms with van der Waals surface area (Å²) >= 11 is 5.43. The Kier molecular flexibility index (Phi) is 9.04. The molecule has 0 bridgehead atoms. The zero-order valence-electron chi connectivity index (χ0n) is 10.0. The van der Waals surface area contributed by atoms with Crippen molar-refractivity contribution in [1.82, 2.24) is 0 Å². The van der Waals surface area contributed by atoms with Crippen molar-refractivity contribution in [2.24, 2.45) is 10.8 Å². The van der Waals surface area contributed by atoms with Gasteiger partial charge in [-0.3, -0.25) is 0 Å². The van der Waals surface area contributed by atoms with Crippen LogP contribution in [-0.2, 0) is 0 Å². The van der Waals surface area contributed by atoms with Crippen LogP contribution in [0.4, 0.5) is 0 Å². The molecule has 3 nitrogen and oxygen atoms in total. The summed E-state index contributed by atoms with van der Waals surface area (Å²) in [5.41, 5.74) is -0.309. The van der Waals surface area contributed by atoms with E-state index in [2.05, 4.69) is 0 Å². The van der Waals surface area contributed by atoms with Gasteiger partial charge in [0.1, 0.15) is 0 Å². The number of nitrogens with zero attached hydrogens (tertiary/aromatic N) is 1. The molecule has 0 aromatic carbocycles. The number of hydrogen-bond acceptors (Lipinski definition) is 3. The van der Waals surface area contributed by atoms with Gasteiger partial charge in [-0.15, -0.1) is 11.6 Å². The minimum Gasteiger partial charge on any atom is -0.396 e. The molecule has 0 unspecified atom stereocenters. The molecule has 2 N–H and O–H groups in total. The highest BCUT2D eigenvalue weighted by Gasteiger charge is 2.14. The van der Waals surface area contributed by atoms with Crippen molar-refractivity contribution >= 4 is 11.6 Å². The van der Waals surface area contributed by atoms with Crippen LogP contribution in [0.5, 0.6) is 0 Å². The van der Waals surface area contributed by atoms with E-state index >= 15 is 0 Å². The van der Waals surface area contributed by atoms with Crippen LogP contribution in [0.1, 0.15) is 34.1 Å². The second-order valence-electron chi connectivity index (χ2n) is 5.11. The Bertz CT molecular complexity index is 191. The lowest BCUT2D eigenvalue weighted by molar-refractivity contribution is 0.164. The zero-order chi connectivity index (χ0) is 12.5. The van der Waals surface area contributed by atoms with Crippen molar-refractivity contribution in [3.05, 3.63) is 0 Å². The lowest BCUT2D eigenvalue weighted by Crippen LogP contribution is -2.17. The van der Waals surface area contributed by atoms with Gasteiger partial charge >= 0.3 is 0 Å². The van der Waals surface area contributed by atoms with Crippen LogP contribution in [-0.4, -0.2) is 29.3 Å². The van der Waals surface area contributed by atoms with Crippen molar-refractivity contribution in [2.75, 3.05) is 19.1 Å². The van der Waals surface area contributed by atoms with E-state index in [1.165, 1.54) is 0 Å². The topological polar surface area (TPSA) is 64.2 Å². The summed E-state index contributed by atoms with van der Waals surface area (Å²) in [5, 5.41) is 25.3. The molecule has 0 saturated heterocycles. The maximum absolute atomic E-state index is 8.57. The fraction of sp³-hybridized carbons (Fsp3) is 0.909. The van der Waals surface area contributed by atoms with Gasteiger partial charge in [-0.2, -0.15) is 5.26 Å². The Labute approximate surface area is 97.7 Å². The van der Waals surface area contributed by atoms with E-state index in [1.807, 2.05) is 33.8 Å². The predicted octanol–water partition coefficient (Wildman–Crippen LogP) is 2.16. The fourth-order valence-corrected chi connectivity index (χ4v) is 0.397. The third kappa shape index (κ3) is 11.6. The van der Waals surface area contributed by atoms with Crippen LogP contribution in [0.2, 0.25) is 0 Å². The molecule has 0 aliphatic heterocycles. The molecule has 90 valence electrons. The maximum atomic E-state index is 8.57. The van der Waals surface area contributed by atoms with Crippen LogP contribution in [0.3, 0.4) is 0 Å². The van der Waals surface area contributed by atoms with E-state index in [0.717, 1.165) is 0 Å². The Balaban J connectivity index is 0. The van der Waals surface area contributed by atoms with E-state index in [0.29, 0.717) is 12.3 Å². The highest BCUT2D eigenvalue weighted by atomic mass is 35.5. The van der Waals surface area contributed by atoms with Crippen molar-refractivity contribution in [1.29, 1.82) is 5.26 Å². The minimum atomic E-state index is -0.214. The Hall–Kier alpha value is -0.300. The lowest BCUT2D eigenvalue weighted by atomic mass is 9.92. The summed E-state index contributed by atoms with van der Waals surface area (Å²) < 4.78 is 0. The first-order chi connectivity index (χ1) is 6.74. The Morgan fingerprint density at radius 1 is 1.07 bits per heavy atom. The van der Waals surface area contributed by atoms with Crippen molar-refractivity contribution in [3.63, 3.8) is 0 Å². The molecule has 0 radical (unpaired) electrons. The van der Waals surface area contributed by atoms with Gasteiger partial charge < -0.3 is 10.2 Å². The second kappa shape index (κ2) is 7.92. The van der Waals surface area contributed by atoms with Gasteiger partial charge in [-0.1, -0.05) is 27.7 Å². The molecule has 0 aliphatic rings. The Morgan fingerprint density at radius 2 is 1.47 bits per heavy atom. The lowest BCUT2D eigenvalue weighted by Gasteiger charge is -2.15. The average Bonchev–Trinajstić information content (AvgIpc) is 2.19. The number of halogens is 1. The number of hydrogen-bond donors (Lipinski definition) is 2. The molecule has 0 spiro atoms. The fourth-order valence-electron chi connectivity index (χ4n) is 0.312. The number of nitriles is 1. The molecule has 0 aliphatic carbocycles. The van der Waals surface area contributed by atoms with Gasteiger partial charge in [0.05, 0.1) is 6.07 Å². The summed E-state index contributed by atoms with van der Waals surface area (Å²) in [6.07, 6.45) is 0.420. The maximum Gasteiger partial charge on any atom is 0.0628 e. The quantitative estimate of drug-likeness (QED) is 0.734. The van der Waals surface area contributed by atoms with Crippen molar-refractivity contribution in [3.8, 4) is 6.07 Å². The van der Waals surface area contributed by atoms with Gasteiger partial charge in [0.25, 0.3) is 0 Å². The van der Waals surface area contributed by atoms with E-state index < -0.39 is 0 Å². The largest absolute Gasteiger partial charge is 0.396 e. The highest BCUT2D eigenvalue weighted by Crippen LogP contribution is 2.17. The van der Waals surface area contributed by atoms with E-state index in [9.17, 15) is 0 Å². The molecule has 4 heteroatoms. The van der Waals surface area contributed by atoms with Crippen molar-refractivity contribution in [2.45, 2.75) is 34.1 Å². The van der Waals surface area contributed by atoms with E-state index in [-0.39, 0.29) is 24.0 Å². The first-order valence-corrected chi connectivity index (χ1v) is 5.43. The van der Waals surface area contributed by atoms with Crippen LogP contribution < -0.4 is 0 Å². The second-order valence-corrected chi connectivity index (χ2v) is 5.38. The summed E-state index contributed by atoms with van der Waals surface area (Å²) in [6.45, 7) is 7.80. The summed E-state index contributed by atoms with van der Waals surface area (Å²) in [4.78, 5) is 0. The normalized spacial score (nSPS) is 11.3. The third-order valence-corrected chi connectivity index (χ3v) is 2.50. The molecule has 0 saturated carbocycles. The van der Waals surface area contributed by atoms with Gasteiger partial charge in [0.2, 0.25) is 0 Å². The molecule has 0 atom stereocenters. The Morgan fingerprint density at radius 3 is 1.53 bits per heavy atom. The van der Waals surface area contributed by atoms with E-state index in [1.54, 1.807) is 0 Å². The third-order valence-electron chi connectivity index (χ3n) is 1.78. The number of aliphatic hydroxyl groups excluding tert-OH is 2. The molecular formula is C11H22ClNO2. The number of aliphatic hydroxyl groups is 2. The molecule has 0 fully saturated rings. The van der Waals surface area contributed by atoms with Gasteiger partial charge in [-0.05, 0) is 0 Å². The molecule has 0 heterocycles. The SMILES string of the molecule is CC(C)(CO)CC#N.CC(C)(CO)CCl. The molecule has 0 aromatic heterocycles. The smallest absolute Gasteiger partial charge is 0.0628 e. The summed E-state index contributed by atoms with van der Waals surface area (Å²) in [7, 11) is 0. The van der Waals surface area contributed by atoms with Crippen LogP contribution in [0.15, 0.2) is 0 Å². The molecule has 0 amide bonds. The first kappa shape index (κ1) is 17.1. The number of rotatable bonds is 4. The van der Waals surface area contributed by atoms with Gasteiger partial charge in [0, 0.05) is 36.3 Å². The molecule has 0 aromatic rings. The van der Waals surface area contributed by atoms with Crippen LogP contribution in [0.25, 0.3) is 0 Å². The van der Waals surface area contributed by atoms with Crippen LogP contribution in [0, 0.1) is 22.2 Å². The van der Waals surface area contributed by atoms with Crippen LogP contribution >= 0.6 is 11.6 Å². The average molecular weight is 236 g/mol. The highest BCUT2D eigenvalue weighted by molar-refractivity contribution is 6.18. The molecule has 15 heavy (non-hydrogen) atoms.